The highest BCUT2D eigenvalue weighted by molar-refractivity contribution is 5.98. The molecule has 1 heterocycles. The van der Waals surface area contributed by atoms with Gasteiger partial charge in [0.05, 0.1) is 0 Å². The SMILES string of the molecule is CCCN(CC(=O)Nc1ccccc1C)C(=O)c1ccc(=O)n(CCC)n1. The first kappa shape index (κ1) is 20.4. The Morgan fingerprint density at radius 1 is 1.11 bits per heavy atom. The van der Waals surface area contributed by atoms with Gasteiger partial charge in [0.1, 0.15) is 12.2 Å². The first-order chi connectivity index (χ1) is 13.0. The van der Waals surface area contributed by atoms with Gasteiger partial charge in [-0.3, -0.25) is 14.4 Å². The van der Waals surface area contributed by atoms with Crippen molar-refractivity contribution in [3.05, 3.63) is 58.0 Å². The van der Waals surface area contributed by atoms with E-state index in [2.05, 4.69) is 10.4 Å². The van der Waals surface area contributed by atoms with Crippen LogP contribution in [0, 0.1) is 6.92 Å². The topological polar surface area (TPSA) is 84.3 Å². The van der Waals surface area contributed by atoms with Crippen LogP contribution in [0.15, 0.2) is 41.2 Å². The Morgan fingerprint density at radius 2 is 1.85 bits per heavy atom. The van der Waals surface area contributed by atoms with Gasteiger partial charge >= 0.3 is 0 Å². The quantitative estimate of drug-likeness (QED) is 0.774. The fraction of sp³-hybridized carbons (Fsp3) is 0.400. The van der Waals surface area contributed by atoms with Crippen LogP contribution in [-0.2, 0) is 11.3 Å². The summed E-state index contributed by atoms with van der Waals surface area (Å²) in [6, 6.07) is 10.2. The average molecular weight is 370 g/mol. The second-order valence-corrected chi connectivity index (χ2v) is 6.37. The Labute approximate surface area is 159 Å². The smallest absolute Gasteiger partial charge is 0.274 e. The maximum absolute atomic E-state index is 12.8. The molecule has 2 rings (SSSR count). The van der Waals surface area contributed by atoms with Crippen molar-refractivity contribution in [2.24, 2.45) is 0 Å². The monoisotopic (exact) mass is 370 g/mol. The van der Waals surface area contributed by atoms with Crippen LogP contribution < -0.4 is 10.9 Å². The summed E-state index contributed by atoms with van der Waals surface area (Å²) in [5.41, 5.74) is 1.60. The summed E-state index contributed by atoms with van der Waals surface area (Å²) in [7, 11) is 0. The number of rotatable bonds is 8. The van der Waals surface area contributed by atoms with Gasteiger partial charge in [-0.25, -0.2) is 4.68 Å². The zero-order chi connectivity index (χ0) is 19.8. The molecule has 0 aliphatic carbocycles. The molecule has 27 heavy (non-hydrogen) atoms. The summed E-state index contributed by atoms with van der Waals surface area (Å²) in [6.07, 6.45) is 1.44. The minimum Gasteiger partial charge on any atom is -0.328 e. The largest absolute Gasteiger partial charge is 0.328 e. The number of aryl methyl sites for hydroxylation is 2. The van der Waals surface area contributed by atoms with E-state index in [1.165, 1.54) is 21.7 Å². The third-order valence-electron chi connectivity index (χ3n) is 4.06. The molecule has 0 radical (unpaired) electrons. The fourth-order valence-corrected chi connectivity index (χ4v) is 2.70. The van der Waals surface area contributed by atoms with Crippen molar-refractivity contribution in [3.8, 4) is 0 Å². The van der Waals surface area contributed by atoms with E-state index in [-0.39, 0.29) is 29.6 Å². The number of benzene rings is 1. The molecule has 7 heteroatoms. The molecule has 1 aromatic heterocycles. The van der Waals surface area contributed by atoms with Crippen molar-refractivity contribution in [3.63, 3.8) is 0 Å². The highest BCUT2D eigenvalue weighted by Gasteiger charge is 2.20. The number of nitrogens with one attached hydrogen (secondary N) is 1. The second-order valence-electron chi connectivity index (χ2n) is 6.37. The predicted molar refractivity (Wildman–Crippen MR) is 105 cm³/mol. The molecule has 0 fully saturated rings. The summed E-state index contributed by atoms with van der Waals surface area (Å²) in [4.78, 5) is 38.5. The molecule has 0 unspecified atom stereocenters. The number of hydrogen-bond donors (Lipinski definition) is 1. The van der Waals surface area contributed by atoms with Crippen LogP contribution in [0.25, 0.3) is 0 Å². The summed E-state index contributed by atoms with van der Waals surface area (Å²) in [5, 5.41) is 6.99. The van der Waals surface area contributed by atoms with Gasteiger partial charge in [-0.05, 0) is 37.5 Å². The lowest BCUT2D eigenvalue weighted by molar-refractivity contribution is -0.116. The summed E-state index contributed by atoms with van der Waals surface area (Å²) in [5.74, 6) is -0.630. The predicted octanol–water partition coefficient (Wildman–Crippen LogP) is 2.45. The van der Waals surface area contributed by atoms with Gasteiger partial charge in [-0.15, -0.1) is 0 Å². The van der Waals surface area contributed by atoms with Gasteiger partial charge in [0.2, 0.25) is 5.91 Å². The number of aromatic nitrogens is 2. The molecule has 1 aromatic carbocycles. The zero-order valence-electron chi connectivity index (χ0n) is 16.1. The Hall–Kier alpha value is -2.96. The van der Waals surface area contributed by atoms with E-state index in [4.69, 9.17) is 0 Å². The van der Waals surface area contributed by atoms with Crippen LogP contribution in [0.4, 0.5) is 5.69 Å². The molecular weight excluding hydrogens is 344 g/mol. The Morgan fingerprint density at radius 3 is 2.52 bits per heavy atom. The molecule has 144 valence electrons. The molecule has 0 atom stereocenters. The molecule has 2 amide bonds. The number of nitrogens with zero attached hydrogens (tertiary/aromatic N) is 3. The van der Waals surface area contributed by atoms with Crippen LogP contribution in [0.1, 0.15) is 42.7 Å². The van der Waals surface area contributed by atoms with E-state index in [9.17, 15) is 14.4 Å². The van der Waals surface area contributed by atoms with Crippen LogP contribution in [0.3, 0.4) is 0 Å². The van der Waals surface area contributed by atoms with Crippen LogP contribution in [0.2, 0.25) is 0 Å². The molecule has 1 N–H and O–H groups in total. The molecule has 0 saturated carbocycles. The standard InChI is InChI=1S/C20H26N4O3/c1-4-12-23(14-18(25)21-16-9-7-6-8-15(16)3)20(27)17-10-11-19(26)24(22-17)13-5-2/h6-11H,4-5,12-14H2,1-3H3,(H,21,25). The van der Waals surface area contributed by atoms with Gasteiger partial charge in [0.15, 0.2) is 0 Å². The molecule has 2 aromatic rings. The molecule has 7 nitrogen and oxygen atoms in total. The van der Waals surface area contributed by atoms with Crippen molar-refractivity contribution in [1.29, 1.82) is 0 Å². The molecule has 0 bridgehead atoms. The fourth-order valence-electron chi connectivity index (χ4n) is 2.70. The van der Waals surface area contributed by atoms with Gasteiger partial charge in [0.25, 0.3) is 11.5 Å². The lowest BCUT2D eigenvalue weighted by Gasteiger charge is -2.21. The molecule has 0 aliphatic heterocycles. The Kier molecular flexibility index (Phi) is 7.28. The molecular formula is C20H26N4O3. The van der Waals surface area contributed by atoms with E-state index in [0.717, 1.165) is 17.7 Å². The second kappa shape index (κ2) is 9.66. The molecule has 0 saturated heterocycles. The van der Waals surface area contributed by atoms with Crippen molar-refractivity contribution in [1.82, 2.24) is 14.7 Å². The minimum absolute atomic E-state index is 0.0738. The van der Waals surface area contributed by atoms with Crippen LogP contribution in [-0.4, -0.2) is 39.6 Å². The number of carbonyl (C=O) groups is 2. The highest BCUT2D eigenvalue weighted by atomic mass is 16.2. The lowest BCUT2D eigenvalue weighted by Crippen LogP contribution is -2.39. The maximum Gasteiger partial charge on any atom is 0.274 e. The van der Waals surface area contributed by atoms with E-state index >= 15 is 0 Å². The first-order valence-electron chi connectivity index (χ1n) is 9.19. The Balaban J connectivity index is 2.15. The number of carbonyl (C=O) groups excluding carboxylic acids is 2. The number of para-hydroxylation sites is 1. The number of hydrogen-bond acceptors (Lipinski definition) is 4. The van der Waals surface area contributed by atoms with Crippen molar-refractivity contribution < 1.29 is 9.59 Å². The van der Waals surface area contributed by atoms with Crippen LogP contribution in [0.5, 0.6) is 0 Å². The lowest BCUT2D eigenvalue weighted by atomic mass is 10.2. The molecule has 0 aliphatic rings. The average Bonchev–Trinajstić information content (AvgIpc) is 2.64. The van der Waals surface area contributed by atoms with Crippen molar-refractivity contribution >= 4 is 17.5 Å². The van der Waals surface area contributed by atoms with E-state index in [0.29, 0.717) is 19.5 Å². The van der Waals surface area contributed by atoms with Gasteiger partial charge in [0, 0.05) is 24.8 Å². The third-order valence-corrected chi connectivity index (χ3v) is 4.06. The number of anilines is 1. The van der Waals surface area contributed by atoms with Crippen LogP contribution >= 0.6 is 0 Å². The normalized spacial score (nSPS) is 10.5. The van der Waals surface area contributed by atoms with Crippen molar-refractivity contribution in [2.45, 2.75) is 40.2 Å². The Bertz CT molecular complexity index is 860. The summed E-state index contributed by atoms with van der Waals surface area (Å²) >= 11 is 0. The van der Waals surface area contributed by atoms with E-state index in [1.807, 2.05) is 45.0 Å². The van der Waals surface area contributed by atoms with E-state index < -0.39 is 0 Å². The minimum atomic E-state index is -0.360. The van der Waals surface area contributed by atoms with Gasteiger partial charge in [-0.2, -0.15) is 5.10 Å². The summed E-state index contributed by atoms with van der Waals surface area (Å²) in [6.45, 7) is 6.57. The third kappa shape index (κ3) is 5.51. The number of amides is 2. The summed E-state index contributed by atoms with van der Waals surface area (Å²) < 4.78 is 1.28. The van der Waals surface area contributed by atoms with Gasteiger partial charge < -0.3 is 10.2 Å². The first-order valence-corrected chi connectivity index (χ1v) is 9.19. The van der Waals surface area contributed by atoms with E-state index in [1.54, 1.807) is 0 Å². The highest BCUT2D eigenvalue weighted by Crippen LogP contribution is 2.13. The molecule has 0 spiro atoms. The zero-order valence-corrected chi connectivity index (χ0v) is 16.1. The maximum atomic E-state index is 12.8. The van der Waals surface area contributed by atoms with Crippen molar-refractivity contribution in [2.75, 3.05) is 18.4 Å². The van der Waals surface area contributed by atoms with Gasteiger partial charge in [-0.1, -0.05) is 32.0 Å².